The highest BCUT2D eigenvalue weighted by molar-refractivity contribution is 5.53. The van der Waals surface area contributed by atoms with Crippen LogP contribution < -0.4 is 9.64 Å². The SMILES string of the molecule is CCCCN(CCCC)c1cc(C)cc(OC)c1. The second-order valence-electron chi connectivity index (χ2n) is 4.90. The third-order valence-electron chi connectivity index (χ3n) is 3.20. The van der Waals surface area contributed by atoms with Gasteiger partial charge in [-0.25, -0.2) is 0 Å². The van der Waals surface area contributed by atoms with E-state index < -0.39 is 0 Å². The molecule has 0 saturated heterocycles. The maximum atomic E-state index is 5.37. The van der Waals surface area contributed by atoms with Crippen LogP contribution in [0, 0.1) is 6.92 Å². The number of hydrogen-bond donors (Lipinski definition) is 0. The Labute approximate surface area is 112 Å². The number of anilines is 1. The lowest BCUT2D eigenvalue weighted by atomic mass is 10.1. The van der Waals surface area contributed by atoms with E-state index in [9.17, 15) is 0 Å². The van der Waals surface area contributed by atoms with Gasteiger partial charge in [0, 0.05) is 24.8 Å². The van der Waals surface area contributed by atoms with Crippen LogP contribution in [0.3, 0.4) is 0 Å². The van der Waals surface area contributed by atoms with Crippen molar-refractivity contribution in [2.24, 2.45) is 0 Å². The van der Waals surface area contributed by atoms with Crippen LogP contribution >= 0.6 is 0 Å². The Morgan fingerprint density at radius 1 is 1.00 bits per heavy atom. The molecular weight excluding hydrogens is 222 g/mol. The first-order valence-corrected chi connectivity index (χ1v) is 7.11. The van der Waals surface area contributed by atoms with E-state index in [4.69, 9.17) is 4.74 Å². The summed E-state index contributed by atoms with van der Waals surface area (Å²) in [7, 11) is 1.74. The summed E-state index contributed by atoms with van der Waals surface area (Å²) in [4.78, 5) is 2.49. The van der Waals surface area contributed by atoms with E-state index in [1.54, 1.807) is 7.11 Å². The Bertz CT molecular complexity index is 341. The molecule has 0 bridgehead atoms. The van der Waals surface area contributed by atoms with Crippen molar-refractivity contribution >= 4 is 5.69 Å². The number of benzene rings is 1. The summed E-state index contributed by atoms with van der Waals surface area (Å²) in [6.45, 7) is 8.90. The van der Waals surface area contributed by atoms with Crippen molar-refractivity contribution in [1.29, 1.82) is 0 Å². The molecule has 0 aliphatic heterocycles. The highest BCUT2D eigenvalue weighted by Gasteiger charge is 2.07. The molecule has 102 valence electrons. The molecule has 0 radical (unpaired) electrons. The molecule has 0 saturated carbocycles. The number of unbranched alkanes of at least 4 members (excludes halogenated alkanes) is 2. The molecule has 0 spiro atoms. The molecule has 0 fully saturated rings. The normalized spacial score (nSPS) is 10.4. The number of hydrogen-bond acceptors (Lipinski definition) is 2. The van der Waals surface area contributed by atoms with Gasteiger partial charge in [0.05, 0.1) is 7.11 Å². The minimum Gasteiger partial charge on any atom is -0.497 e. The van der Waals surface area contributed by atoms with Gasteiger partial charge in [0.1, 0.15) is 5.75 Å². The highest BCUT2D eigenvalue weighted by Crippen LogP contribution is 2.24. The number of aryl methyl sites for hydroxylation is 1. The molecule has 2 heteroatoms. The van der Waals surface area contributed by atoms with E-state index in [2.05, 4.69) is 43.9 Å². The molecule has 1 rings (SSSR count). The summed E-state index contributed by atoms with van der Waals surface area (Å²) in [6.07, 6.45) is 4.98. The van der Waals surface area contributed by atoms with Crippen LogP contribution in [-0.2, 0) is 0 Å². The van der Waals surface area contributed by atoms with Gasteiger partial charge < -0.3 is 9.64 Å². The van der Waals surface area contributed by atoms with Crippen LogP contribution in [0.15, 0.2) is 18.2 Å². The molecule has 1 aromatic rings. The zero-order chi connectivity index (χ0) is 13.4. The van der Waals surface area contributed by atoms with Crippen LogP contribution in [0.5, 0.6) is 5.75 Å². The van der Waals surface area contributed by atoms with Crippen molar-refractivity contribution in [2.45, 2.75) is 46.5 Å². The zero-order valence-electron chi connectivity index (χ0n) is 12.3. The topological polar surface area (TPSA) is 12.5 Å². The third-order valence-corrected chi connectivity index (χ3v) is 3.20. The molecule has 0 unspecified atom stereocenters. The predicted molar refractivity (Wildman–Crippen MR) is 79.8 cm³/mol. The molecule has 18 heavy (non-hydrogen) atoms. The average Bonchev–Trinajstić information content (AvgIpc) is 2.38. The Morgan fingerprint density at radius 2 is 1.61 bits per heavy atom. The summed E-state index contributed by atoms with van der Waals surface area (Å²) in [6, 6.07) is 6.49. The minimum atomic E-state index is 0.961. The number of ether oxygens (including phenoxy) is 1. The lowest BCUT2D eigenvalue weighted by molar-refractivity contribution is 0.414. The summed E-state index contributed by atoms with van der Waals surface area (Å²) in [5.74, 6) is 0.961. The summed E-state index contributed by atoms with van der Waals surface area (Å²) in [5, 5.41) is 0. The van der Waals surface area contributed by atoms with Crippen molar-refractivity contribution in [1.82, 2.24) is 0 Å². The second-order valence-corrected chi connectivity index (χ2v) is 4.90. The van der Waals surface area contributed by atoms with E-state index >= 15 is 0 Å². The van der Waals surface area contributed by atoms with E-state index in [0.29, 0.717) is 0 Å². The van der Waals surface area contributed by atoms with Crippen molar-refractivity contribution in [3.05, 3.63) is 23.8 Å². The Balaban J connectivity index is 2.84. The van der Waals surface area contributed by atoms with Crippen LogP contribution in [0.25, 0.3) is 0 Å². The van der Waals surface area contributed by atoms with Gasteiger partial charge in [-0.3, -0.25) is 0 Å². The van der Waals surface area contributed by atoms with Gasteiger partial charge in [-0.15, -0.1) is 0 Å². The number of methoxy groups -OCH3 is 1. The lowest BCUT2D eigenvalue weighted by Gasteiger charge is -2.25. The fourth-order valence-electron chi connectivity index (χ4n) is 2.10. The molecule has 0 aliphatic carbocycles. The van der Waals surface area contributed by atoms with E-state index in [0.717, 1.165) is 18.8 Å². The first-order valence-electron chi connectivity index (χ1n) is 7.11. The zero-order valence-corrected chi connectivity index (χ0v) is 12.3. The van der Waals surface area contributed by atoms with E-state index in [1.165, 1.54) is 36.9 Å². The van der Waals surface area contributed by atoms with Gasteiger partial charge in [-0.05, 0) is 37.5 Å². The van der Waals surface area contributed by atoms with Crippen LogP contribution in [0.4, 0.5) is 5.69 Å². The Kier molecular flexibility index (Phi) is 6.63. The predicted octanol–water partition coefficient (Wildman–Crippen LogP) is 4.41. The van der Waals surface area contributed by atoms with Crippen molar-refractivity contribution in [2.75, 3.05) is 25.1 Å². The van der Waals surface area contributed by atoms with Crippen LogP contribution in [0.2, 0.25) is 0 Å². The molecule has 2 nitrogen and oxygen atoms in total. The molecule has 0 N–H and O–H groups in total. The molecule has 0 heterocycles. The quantitative estimate of drug-likeness (QED) is 0.676. The number of nitrogens with zero attached hydrogens (tertiary/aromatic N) is 1. The average molecular weight is 249 g/mol. The van der Waals surface area contributed by atoms with E-state index in [-0.39, 0.29) is 0 Å². The Hall–Kier alpha value is -1.18. The minimum absolute atomic E-state index is 0.961. The maximum Gasteiger partial charge on any atom is 0.121 e. The summed E-state index contributed by atoms with van der Waals surface area (Å²) < 4.78 is 5.37. The third kappa shape index (κ3) is 4.59. The number of rotatable bonds is 8. The van der Waals surface area contributed by atoms with Crippen molar-refractivity contribution in [3.8, 4) is 5.75 Å². The highest BCUT2D eigenvalue weighted by atomic mass is 16.5. The Morgan fingerprint density at radius 3 is 2.11 bits per heavy atom. The monoisotopic (exact) mass is 249 g/mol. The summed E-state index contributed by atoms with van der Waals surface area (Å²) >= 11 is 0. The molecular formula is C16H27NO. The maximum absolute atomic E-state index is 5.37. The van der Waals surface area contributed by atoms with Gasteiger partial charge in [-0.1, -0.05) is 26.7 Å². The summed E-state index contributed by atoms with van der Waals surface area (Å²) in [5.41, 5.74) is 2.57. The standard InChI is InChI=1S/C16H27NO/c1-5-7-9-17(10-8-6-2)15-11-14(3)12-16(13-15)18-4/h11-13H,5-10H2,1-4H3. The van der Waals surface area contributed by atoms with Crippen molar-refractivity contribution in [3.63, 3.8) is 0 Å². The van der Waals surface area contributed by atoms with Gasteiger partial charge in [0.2, 0.25) is 0 Å². The van der Waals surface area contributed by atoms with Crippen molar-refractivity contribution < 1.29 is 4.74 Å². The fraction of sp³-hybridized carbons (Fsp3) is 0.625. The van der Waals surface area contributed by atoms with Gasteiger partial charge in [0.25, 0.3) is 0 Å². The van der Waals surface area contributed by atoms with Crippen LogP contribution in [0.1, 0.15) is 45.1 Å². The van der Waals surface area contributed by atoms with Crippen LogP contribution in [-0.4, -0.2) is 20.2 Å². The molecule has 0 amide bonds. The molecule has 1 aromatic carbocycles. The smallest absolute Gasteiger partial charge is 0.121 e. The van der Waals surface area contributed by atoms with Gasteiger partial charge >= 0.3 is 0 Å². The second kappa shape index (κ2) is 8.02. The first-order chi connectivity index (χ1) is 8.71. The fourth-order valence-corrected chi connectivity index (χ4v) is 2.10. The molecule has 0 atom stereocenters. The van der Waals surface area contributed by atoms with E-state index in [1.807, 2.05) is 0 Å². The largest absolute Gasteiger partial charge is 0.497 e. The van der Waals surface area contributed by atoms with Gasteiger partial charge in [0.15, 0.2) is 0 Å². The lowest BCUT2D eigenvalue weighted by Crippen LogP contribution is -2.25. The molecule has 0 aliphatic rings. The molecule has 0 aromatic heterocycles. The van der Waals surface area contributed by atoms with Gasteiger partial charge in [-0.2, -0.15) is 0 Å². The first kappa shape index (κ1) is 14.9.